The van der Waals surface area contributed by atoms with E-state index < -0.39 is 24.0 Å². The number of rotatable bonds is 5. The molecule has 0 aliphatic carbocycles. The van der Waals surface area contributed by atoms with Gasteiger partial charge >= 0.3 is 18.0 Å². The molecular formula is C15H18N4O5. The van der Waals surface area contributed by atoms with Crippen molar-refractivity contribution in [1.82, 2.24) is 20.6 Å². The van der Waals surface area contributed by atoms with Crippen LogP contribution in [0.15, 0.2) is 23.7 Å². The molecule has 1 aromatic rings. The highest BCUT2D eigenvalue weighted by Crippen LogP contribution is 2.15. The third-order valence-corrected chi connectivity index (χ3v) is 3.20. The molecule has 9 nitrogen and oxygen atoms in total. The Kier molecular flexibility index (Phi) is 5.46. The minimum atomic E-state index is -0.710. The summed E-state index contributed by atoms with van der Waals surface area (Å²) in [7, 11) is 0. The molecule has 1 aromatic heterocycles. The summed E-state index contributed by atoms with van der Waals surface area (Å²) < 4.78 is 10.1. The predicted octanol–water partition coefficient (Wildman–Crippen LogP) is 0.460. The lowest BCUT2D eigenvalue weighted by Gasteiger charge is -2.26. The van der Waals surface area contributed by atoms with Crippen molar-refractivity contribution in [3.05, 3.63) is 35.1 Å². The number of amides is 2. The van der Waals surface area contributed by atoms with E-state index in [1.54, 1.807) is 20.8 Å². The Bertz CT molecular complexity index is 684. The molecular weight excluding hydrogens is 316 g/mol. The molecule has 9 heteroatoms. The molecule has 0 radical (unpaired) electrons. The molecule has 1 aliphatic heterocycles. The van der Waals surface area contributed by atoms with Crippen molar-refractivity contribution in [3.63, 3.8) is 0 Å². The minimum Gasteiger partial charge on any atom is -0.463 e. The number of aromatic nitrogens is 2. The molecule has 1 atom stereocenters. The van der Waals surface area contributed by atoms with E-state index in [0.29, 0.717) is 5.69 Å². The van der Waals surface area contributed by atoms with Crippen LogP contribution >= 0.6 is 0 Å². The molecule has 128 valence electrons. The molecule has 0 saturated heterocycles. The molecule has 2 heterocycles. The zero-order valence-electron chi connectivity index (χ0n) is 13.6. The van der Waals surface area contributed by atoms with Crippen molar-refractivity contribution in [1.29, 1.82) is 0 Å². The minimum absolute atomic E-state index is 0.0344. The highest BCUT2D eigenvalue weighted by Gasteiger charge is 2.30. The van der Waals surface area contributed by atoms with Crippen LogP contribution in [0.1, 0.15) is 30.0 Å². The predicted molar refractivity (Wildman–Crippen MR) is 81.8 cm³/mol. The van der Waals surface area contributed by atoms with Crippen LogP contribution in [0.2, 0.25) is 0 Å². The Hall–Kier alpha value is -2.97. The average Bonchev–Trinajstić information content (AvgIpc) is 2.52. The van der Waals surface area contributed by atoms with Gasteiger partial charge in [0.2, 0.25) is 0 Å². The summed E-state index contributed by atoms with van der Waals surface area (Å²) in [6, 6.07) is -1.05. The number of hydrogen-bond donors (Lipinski definition) is 2. The normalized spacial score (nSPS) is 17.0. The maximum Gasteiger partial charge on any atom is 0.358 e. The number of urea groups is 1. The summed E-state index contributed by atoms with van der Waals surface area (Å²) in [4.78, 5) is 43.5. The van der Waals surface area contributed by atoms with Crippen molar-refractivity contribution in [2.24, 2.45) is 0 Å². The third-order valence-electron chi connectivity index (χ3n) is 3.20. The molecule has 2 rings (SSSR count). The van der Waals surface area contributed by atoms with Crippen molar-refractivity contribution in [2.45, 2.75) is 26.8 Å². The van der Waals surface area contributed by atoms with Crippen LogP contribution in [0, 0.1) is 6.92 Å². The van der Waals surface area contributed by atoms with E-state index in [1.165, 1.54) is 12.4 Å². The SMILES string of the molecule is CCOC(=O)C1=C(COC(=O)c2cnc(C)cn2)NC(=O)NC1C. The molecule has 2 N–H and O–H groups in total. The number of carbonyl (C=O) groups excluding carboxylic acids is 3. The van der Waals surface area contributed by atoms with Crippen molar-refractivity contribution in [2.75, 3.05) is 13.2 Å². The van der Waals surface area contributed by atoms with E-state index in [0.717, 1.165) is 0 Å². The summed E-state index contributed by atoms with van der Waals surface area (Å²) >= 11 is 0. The molecule has 0 saturated carbocycles. The second-order valence-corrected chi connectivity index (χ2v) is 5.05. The molecule has 1 unspecified atom stereocenters. The van der Waals surface area contributed by atoms with Crippen LogP contribution < -0.4 is 10.6 Å². The van der Waals surface area contributed by atoms with Gasteiger partial charge in [-0.1, -0.05) is 0 Å². The number of esters is 2. The van der Waals surface area contributed by atoms with E-state index in [9.17, 15) is 14.4 Å². The number of carbonyl (C=O) groups is 3. The zero-order chi connectivity index (χ0) is 17.7. The highest BCUT2D eigenvalue weighted by atomic mass is 16.5. The lowest BCUT2D eigenvalue weighted by molar-refractivity contribution is -0.139. The maximum atomic E-state index is 12.0. The van der Waals surface area contributed by atoms with Crippen LogP contribution in [0.4, 0.5) is 4.79 Å². The Morgan fingerprint density at radius 1 is 1.21 bits per heavy atom. The van der Waals surface area contributed by atoms with Gasteiger partial charge in [0, 0.05) is 6.20 Å². The standard InChI is InChI=1S/C15H18N4O5/c1-4-23-14(21)12-9(3)18-15(22)19-11(12)7-24-13(20)10-6-16-8(2)5-17-10/h5-6,9H,4,7H2,1-3H3,(H2,18,19,22). The quantitative estimate of drug-likeness (QED) is 0.751. The Morgan fingerprint density at radius 2 is 1.96 bits per heavy atom. The first kappa shape index (κ1) is 17.4. The second kappa shape index (κ2) is 7.53. The van der Waals surface area contributed by atoms with Gasteiger partial charge in [0.1, 0.15) is 6.61 Å². The van der Waals surface area contributed by atoms with Crippen molar-refractivity contribution >= 4 is 18.0 Å². The summed E-state index contributed by atoms with van der Waals surface area (Å²) in [6.07, 6.45) is 2.73. The van der Waals surface area contributed by atoms with E-state index in [2.05, 4.69) is 20.6 Å². The molecule has 1 aliphatic rings. The van der Waals surface area contributed by atoms with Gasteiger partial charge in [-0.25, -0.2) is 19.4 Å². The molecule has 0 bridgehead atoms. The Morgan fingerprint density at radius 3 is 2.58 bits per heavy atom. The monoisotopic (exact) mass is 334 g/mol. The maximum absolute atomic E-state index is 12.0. The van der Waals surface area contributed by atoms with Crippen LogP contribution in [0.5, 0.6) is 0 Å². The summed E-state index contributed by atoms with van der Waals surface area (Å²) in [5.74, 6) is -1.29. The first-order chi connectivity index (χ1) is 11.4. The number of aryl methyl sites for hydroxylation is 1. The van der Waals surface area contributed by atoms with E-state index in [1.807, 2.05) is 0 Å². The lowest BCUT2D eigenvalue weighted by Crippen LogP contribution is -2.50. The highest BCUT2D eigenvalue weighted by molar-refractivity contribution is 5.95. The fourth-order valence-corrected chi connectivity index (χ4v) is 2.10. The number of ether oxygens (including phenoxy) is 2. The molecule has 0 spiro atoms. The zero-order valence-corrected chi connectivity index (χ0v) is 13.6. The van der Waals surface area contributed by atoms with Gasteiger partial charge in [0.15, 0.2) is 5.69 Å². The van der Waals surface area contributed by atoms with Gasteiger partial charge in [0.05, 0.1) is 35.8 Å². The van der Waals surface area contributed by atoms with Crippen LogP contribution in [-0.2, 0) is 14.3 Å². The number of nitrogens with one attached hydrogen (secondary N) is 2. The van der Waals surface area contributed by atoms with E-state index in [4.69, 9.17) is 9.47 Å². The van der Waals surface area contributed by atoms with Crippen molar-refractivity contribution < 1.29 is 23.9 Å². The van der Waals surface area contributed by atoms with E-state index in [-0.39, 0.29) is 30.2 Å². The first-order valence-corrected chi connectivity index (χ1v) is 7.35. The van der Waals surface area contributed by atoms with Crippen LogP contribution in [0.25, 0.3) is 0 Å². The Labute approximate surface area is 138 Å². The molecule has 0 fully saturated rings. The Balaban J connectivity index is 2.15. The molecule has 0 aromatic carbocycles. The fraction of sp³-hybridized carbons (Fsp3) is 0.400. The fourth-order valence-electron chi connectivity index (χ4n) is 2.10. The molecule has 24 heavy (non-hydrogen) atoms. The number of hydrogen-bond acceptors (Lipinski definition) is 7. The summed E-state index contributed by atoms with van der Waals surface area (Å²) in [5.41, 5.74) is 1.09. The van der Waals surface area contributed by atoms with Gasteiger partial charge in [-0.2, -0.15) is 0 Å². The van der Waals surface area contributed by atoms with Gasteiger partial charge in [0.25, 0.3) is 0 Å². The summed E-state index contributed by atoms with van der Waals surface area (Å²) in [6.45, 7) is 4.95. The van der Waals surface area contributed by atoms with Gasteiger partial charge in [-0.05, 0) is 20.8 Å². The van der Waals surface area contributed by atoms with Crippen molar-refractivity contribution in [3.8, 4) is 0 Å². The largest absolute Gasteiger partial charge is 0.463 e. The topological polar surface area (TPSA) is 120 Å². The van der Waals surface area contributed by atoms with Crippen LogP contribution in [-0.4, -0.2) is 47.2 Å². The van der Waals surface area contributed by atoms with Gasteiger partial charge in [-0.15, -0.1) is 0 Å². The third kappa shape index (κ3) is 4.06. The van der Waals surface area contributed by atoms with Gasteiger partial charge in [-0.3, -0.25) is 4.98 Å². The number of nitrogens with zero attached hydrogens (tertiary/aromatic N) is 2. The lowest BCUT2D eigenvalue weighted by atomic mass is 10.0. The second-order valence-electron chi connectivity index (χ2n) is 5.05. The smallest absolute Gasteiger partial charge is 0.358 e. The first-order valence-electron chi connectivity index (χ1n) is 7.35. The van der Waals surface area contributed by atoms with E-state index >= 15 is 0 Å². The molecule has 2 amide bonds. The van der Waals surface area contributed by atoms with Gasteiger partial charge < -0.3 is 20.1 Å². The summed E-state index contributed by atoms with van der Waals surface area (Å²) in [5, 5.41) is 5.02. The van der Waals surface area contributed by atoms with Crippen LogP contribution in [0.3, 0.4) is 0 Å². The average molecular weight is 334 g/mol.